The van der Waals surface area contributed by atoms with Gasteiger partial charge in [-0.2, -0.15) is 5.10 Å². The van der Waals surface area contributed by atoms with E-state index in [4.69, 9.17) is 4.74 Å². The monoisotopic (exact) mass is 321 g/mol. The molecule has 3 heterocycles. The minimum atomic E-state index is -0.120. The molecular formula is C16H27N5O2. The lowest BCUT2D eigenvalue weighted by atomic mass is 9.99. The molecule has 0 saturated carbocycles. The van der Waals surface area contributed by atoms with Gasteiger partial charge in [0.1, 0.15) is 12.7 Å². The van der Waals surface area contributed by atoms with Gasteiger partial charge in [-0.3, -0.25) is 14.4 Å². The maximum absolute atomic E-state index is 12.5. The van der Waals surface area contributed by atoms with Crippen LogP contribution in [0.1, 0.15) is 39.0 Å². The maximum atomic E-state index is 12.5. The van der Waals surface area contributed by atoms with Crippen molar-refractivity contribution in [3.05, 3.63) is 12.7 Å². The lowest BCUT2D eigenvalue weighted by molar-refractivity contribution is -0.128. The molecule has 1 aromatic rings. The van der Waals surface area contributed by atoms with Crippen LogP contribution in [0.3, 0.4) is 0 Å². The largest absolute Gasteiger partial charge is 0.376 e. The quantitative estimate of drug-likeness (QED) is 0.840. The molecule has 2 aliphatic heterocycles. The fourth-order valence-corrected chi connectivity index (χ4v) is 3.59. The number of carbonyl (C=O) groups is 1. The summed E-state index contributed by atoms with van der Waals surface area (Å²) in [6.45, 7) is 5.22. The molecular weight excluding hydrogens is 294 g/mol. The van der Waals surface area contributed by atoms with E-state index in [2.05, 4.69) is 20.3 Å². The highest BCUT2D eigenvalue weighted by atomic mass is 16.5. The number of nitrogens with zero attached hydrogens (tertiary/aromatic N) is 4. The van der Waals surface area contributed by atoms with Crippen LogP contribution < -0.4 is 5.32 Å². The Morgan fingerprint density at radius 2 is 2.30 bits per heavy atom. The van der Waals surface area contributed by atoms with Gasteiger partial charge in [0.25, 0.3) is 0 Å². The van der Waals surface area contributed by atoms with Gasteiger partial charge in [0.05, 0.1) is 18.7 Å². The molecule has 1 N–H and O–H groups in total. The minimum absolute atomic E-state index is 0.103. The molecule has 2 saturated heterocycles. The van der Waals surface area contributed by atoms with E-state index in [9.17, 15) is 4.79 Å². The number of amides is 1. The van der Waals surface area contributed by atoms with Crippen molar-refractivity contribution >= 4 is 5.91 Å². The second-order valence-corrected chi connectivity index (χ2v) is 6.56. The fraction of sp³-hybridized carbons (Fsp3) is 0.812. The molecule has 128 valence electrons. The van der Waals surface area contributed by atoms with Gasteiger partial charge in [0, 0.05) is 19.2 Å². The van der Waals surface area contributed by atoms with Gasteiger partial charge >= 0.3 is 0 Å². The highest BCUT2D eigenvalue weighted by Crippen LogP contribution is 2.21. The van der Waals surface area contributed by atoms with Gasteiger partial charge in [0.2, 0.25) is 5.91 Å². The number of hydrogen-bond donors (Lipinski definition) is 1. The number of hydrogen-bond acceptors (Lipinski definition) is 5. The molecule has 3 atom stereocenters. The van der Waals surface area contributed by atoms with Crippen LogP contribution in [-0.4, -0.2) is 63.5 Å². The van der Waals surface area contributed by atoms with Crippen LogP contribution >= 0.6 is 0 Å². The molecule has 0 bridgehead atoms. The first-order valence-electron chi connectivity index (χ1n) is 8.71. The number of likely N-dealkylation sites (tertiary alicyclic amines) is 1. The molecule has 2 aliphatic rings. The Kier molecular flexibility index (Phi) is 5.61. The van der Waals surface area contributed by atoms with Crippen LogP contribution in [0.25, 0.3) is 0 Å². The van der Waals surface area contributed by atoms with Crippen molar-refractivity contribution < 1.29 is 9.53 Å². The van der Waals surface area contributed by atoms with Crippen LogP contribution in [0.5, 0.6) is 0 Å². The number of carbonyl (C=O) groups excluding carboxylic acids is 1. The number of piperidine rings is 1. The van der Waals surface area contributed by atoms with Gasteiger partial charge in [0.15, 0.2) is 0 Å². The molecule has 3 rings (SSSR count). The summed E-state index contributed by atoms with van der Waals surface area (Å²) in [7, 11) is 0. The van der Waals surface area contributed by atoms with Crippen molar-refractivity contribution in [3.63, 3.8) is 0 Å². The van der Waals surface area contributed by atoms with E-state index < -0.39 is 0 Å². The smallest absolute Gasteiger partial charge is 0.237 e. The Hall–Kier alpha value is -1.47. The Bertz CT molecular complexity index is 487. The molecule has 1 amide bonds. The van der Waals surface area contributed by atoms with Crippen LogP contribution in [0.15, 0.2) is 12.7 Å². The molecule has 0 spiro atoms. The predicted molar refractivity (Wildman–Crippen MR) is 85.8 cm³/mol. The van der Waals surface area contributed by atoms with E-state index in [1.165, 1.54) is 6.42 Å². The zero-order valence-corrected chi connectivity index (χ0v) is 13.9. The van der Waals surface area contributed by atoms with E-state index in [1.807, 2.05) is 11.6 Å². The van der Waals surface area contributed by atoms with E-state index in [-0.39, 0.29) is 18.1 Å². The number of nitrogens with one attached hydrogen (secondary N) is 1. The van der Waals surface area contributed by atoms with Crippen LogP contribution in [0.4, 0.5) is 0 Å². The van der Waals surface area contributed by atoms with E-state index in [0.29, 0.717) is 12.6 Å². The summed E-state index contributed by atoms with van der Waals surface area (Å²) in [6.07, 6.45) is 9.11. The van der Waals surface area contributed by atoms with Crippen molar-refractivity contribution in [1.82, 2.24) is 25.0 Å². The maximum Gasteiger partial charge on any atom is 0.237 e. The summed E-state index contributed by atoms with van der Waals surface area (Å²) in [4.78, 5) is 18.8. The molecule has 2 fully saturated rings. The van der Waals surface area contributed by atoms with E-state index in [0.717, 1.165) is 45.4 Å². The molecule has 7 nitrogen and oxygen atoms in total. The molecule has 0 unspecified atom stereocenters. The zero-order chi connectivity index (χ0) is 16.1. The van der Waals surface area contributed by atoms with Crippen molar-refractivity contribution in [2.24, 2.45) is 0 Å². The highest BCUT2D eigenvalue weighted by molar-refractivity contribution is 5.81. The minimum Gasteiger partial charge on any atom is -0.376 e. The topological polar surface area (TPSA) is 72.3 Å². The second-order valence-electron chi connectivity index (χ2n) is 6.56. The molecule has 0 radical (unpaired) electrons. The predicted octanol–water partition coefficient (Wildman–Crippen LogP) is 0.816. The normalized spacial score (nSPS) is 27.0. The van der Waals surface area contributed by atoms with Crippen molar-refractivity contribution in [1.29, 1.82) is 0 Å². The standard InChI is InChI=1S/C16H27N5O2/c1-13(16(22)18-9-15-6-4-8-23-15)21-7-3-2-5-14(21)10-20-12-17-11-19-20/h11-15H,2-10H2,1H3,(H,18,22)/t13-,14-,15-/m1/s1. The summed E-state index contributed by atoms with van der Waals surface area (Å²) in [6, 6.07) is 0.221. The Balaban J connectivity index is 1.54. The molecule has 23 heavy (non-hydrogen) atoms. The summed E-state index contributed by atoms with van der Waals surface area (Å²) in [5.74, 6) is 0.103. The van der Waals surface area contributed by atoms with E-state index >= 15 is 0 Å². The molecule has 0 aliphatic carbocycles. The fourth-order valence-electron chi connectivity index (χ4n) is 3.59. The first-order chi connectivity index (χ1) is 11.2. The zero-order valence-electron chi connectivity index (χ0n) is 13.9. The lowest BCUT2D eigenvalue weighted by Crippen LogP contribution is -2.53. The first-order valence-corrected chi connectivity index (χ1v) is 8.71. The first kappa shape index (κ1) is 16.4. The van der Waals surface area contributed by atoms with Gasteiger partial charge in [-0.15, -0.1) is 0 Å². The summed E-state index contributed by atoms with van der Waals surface area (Å²) < 4.78 is 7.43. The van der Waals surface area contributed by atoms with Gasteiger partial charge < -0.3 is 10.1 Å². The SMILES string of the molecule is C[C@H](C(=O)NC[C@H]1CCCO1)N1CCCC[C@@H]1Cn1cncn1. The average molecular weight is 321 g/mol. The van der Waals surface area contributed by atoms with Crippen molar-refractivity contribution in [2.45, 2.75) is 63.8 Å². The van der Waals surface area contributed by atoms with Crippen LogP contribution in [0, 0.1) is 0 Å². The summed E-state index contributed by atoms with van der Waals surface area (Å²) >= 11 is 0. The lowest BCUT2D eigenvalue weighted by Gasteiger charge is -2.39. The van der Waals surface area contributed by atoms with Crippen LogP contribution in [-0.2, 0) is 16.1 Å². The van der Waals surface area contributed by atoms with E-state index in [1.54, 1.807) is 12.7 Å². The molecule has 0 aromatic carbocycles. The van der Waals surface area contributed by atoms with Crippen molar-refractivity contribution in [2.75, 3.05) is 19.7 Å². The van der Waals surface area contributed by atoms with Gasteiger partial charge in [-0.05, 0) is 39.2 Å². The van der Waals surface area contributed by atoms with Gasteiger partial charge in [-0.1, -0.05) is 6.42 Å². The number of aromatic nitrogens is 3. The van der Waals surface area contributed by atoms with Crippen LogP contribution in [0.2, 0.25) is 0 Å². The summed E-state index contributed by atoms with van der Waals surface area (Å²) in [5, 5.41) is 7.26. The molecule has 7 heteroatoms. The third kappa shape index (κ3) is 4.29. The highest BCUT2D eigenvalue weighted by Gasteiger charge is 2.31. The Labute approximate surface area is 137 Å². The Morgan fingerprint density at radius 1 is 1.39 bits per heavy atom. The van der Waals surface area contributed by atoms with Crippen molar-refractivity contribution in [3.8, 4) is 0 Å². The third-order valence-corrected chi connectivity index (χ3v) is 4.94. The average Bonchev–Trinajstić information content (AvgIpc) is 3.26. The third-order valence-electron chi connectivity index (χ3n) is 4.94. The number of ether oxygens (including phenoxy) is 1. The Morgan fingerprint density at radius 3 is 3.04 bits per heavy atom. The summed E-state index contributed by atoms with van der Waals surface area (Å²) in [5.41, 5.74) is 0. The molecule has 1 aromatic heterocycles. The number of rotatable bonds is 6. The second kappa shape index (κ2) is 7.88. The van der Waals surface area contributed by atoms with Gasteiger partial charge in [-0.25, -0.2) is 4.98 Å².